The lowest BCUT2D eigenvalue weighted by Crippen LogP contribution is -2.42. The summed E-state index contributed by atoms with van der Waals surface area (Å²) in [4.78, 5) is 25.2. The van der Waals surface area contributed by atoms with E-state index in [2.05, 4.69) is 5.43 Å². The fourth-order valence-corrected chi connectivity index (χ4v) is 3.51. The number of nitrogens with one attached hydrogen (secondary N) is 1. The number of methoxy groups -OCH3 is 1. The van der Waals surface area contributed by atoms with Crippen molar-refractivity contribution in [1.82, 2.24) is 5.01 Å². The average molecular weight is 547 g/mol. The molecule has 0 aromatic heterocycles. The zero-order valence-electron chi connectivity index (χ0n) is 21.9. The molecule has 0 unspecified atom stereocenters. The van der Waals surface area contributed by atoms with Crippen LogP contribution >= 0.6 is 0 Å². The van der Waals surface area contributed by atoms with Crippen LogP contribution in [0.25, 0.3) is 11.1 Å². The van der Waals surface area contributed by atoms with E-state index in [1.54, 1.807) is 32.9 Å². The SMILES string of the molecule is COC(=O)c1cccc(COc2ccc(-c3cc(F)c(F)cc3F)cc2)c1NN(CCO)C(=O)OC(C)(C)C. The summed E-state index contributed by atoms with van der Waals surface area (Å²) >= 11 is 0. The molecule has 11 heteroatoms. The van der Waals surface area contributed by atoms with Gasteiger partial charge in [-0.05, 0) is 50.6 Å². The van der Waals surface area contributed by atoms with E-state index in [-0.39, 0.29) is 36.6 Å². The summed E-state index contributed by atoms with van der Waals surface area (Å²) in [5.41, 5.74) is 3.00. The molecule has 0 spiro atoms. The number of para-hydroxylation sites is 1. The number of amides is 1. The fraction of sp³-hybridized carbons (Fsp3) is 0.286. The van der Waals surface area contributed by atoms with Gasteiger partial charge in [-0.2, -0.15) is 0 Å². The summed E-state index contributed by atoms with van der Waals surface area (Å²) in [6.45, 7) is 4.46. The number of carbonyl (C=O) groups is 2. The van der Waals surface area contributed by atoms with Crippen LogP contribution in [0.3, 0.4) is 0 Å². The van der Waals surface area contributed by atoms with Gasteiger partial charge in [0.1, 0.15) is 23.8 Å². The van der Waals surface area contributed by atoms with E-state index in [0.29, 0.717) is 22.9 Å². The summed E-state index contributed by atoms with van der Waals surface area (Å²) in [6.07, 6.45) is -0.775. The maximum Gasteiger partial charge on any atom is 0.429 e. The molecule has 0 saturated carbocycles. The molecule has 208 valence electrons. The van der Waals surface area contributed by atoms with Crippen LogP contribution in [0, 0.1) is 17.5 Å². The van der Waals surface area contributed by atoms with Crippen molar-refractivity contribution in [2.45, 2.75) is 33.0 Å². The Labute approximate surface area is 223 Å². The highest BCUT2D eigenvalue weighted by Gasteiger charge is 2.25. The van der Waals surface area contributed by atoms with E-state index in [0.717, 1.165) is 11.1 Å². The maximum absolute atomic E-state index is 14.1. The van der Waals surface area contributed by atoms with E-state index in [9.17, 15) is 27.9 Å². The number of benzene rings is 3. The predicted molar refractivity (Wildman–Crippen MR) is 138 cm³/mol. The Morgan fingerprint density at radius 3 is 2.26 bits per heavy atom. The lowest BCUT2D eigenvalue weighted by molar-refractivity contribution is 0.0267. The second-order valence-electron chi connectivity index (χ2n) is 9.36. The number of halogens is 3. The normalized spacial score (nSPS) is 11.1. The number of hydrogen-bond acceptors (Lipinski definition) is 7. The van der Waals surface area contributed by atoms with Gasteiger partial charge in [0.25, 0.3) is 0 Å². The van der Waals surface area contributed by atoms with Crippen molar-refractivity contribution in [3.8, 4) is 16.9 Å². The first-order chi connectivity index (χ1) is 18.4. The number of esters is 1. The highest BCUT2D eigenvalue weighted by atomic mass is 19.2. The smallest absolute Gasteiger partial charge is 0.429 e. The van der Waals surface area contributed by atoms with Gasteiger partial charge < -0.3 is 19.3 Å². The monoisotopic (exact) mass is 546 g/mol. The number of nitrogens with zero attached hydrogens (tertiary/aromatic N) is 1. The summed E-state index contributed by atoms with van der Waals surface area (Å²) in [7, 11) is 1.21. The molecule has 0 atom stereocenters. The van der Waals surface area contributed by atoms with Gasteiger partial charge in [-0.15, -0.1) is 0 Å². The summed E-state index contributed by atoms with van der Waals surface area (Å²) < 4.78 is 57.1. The molecule has 0 saturated heterocycles. The summed E-state index contributed by atoms with van der Waals surface area (Å²) in [6, 6.07) is 12.0. The van der Waals surface area contributed by atoms with Crippen LogP contribution in [-0.4, -0.2) is 48.0 Å². The van der Waals surface area contributed by atoms with Crippen molar-refractivity contribution in [3.05, 3.63) is 83.2 Å². The molecule has 0 aliphatic carbocycles. The van der Waals surface area contributed by atoms with Gasteiger partial charge >= 0.3 is 12.1 Å². The van der Waals surface area contributed by atoms with Gasteiger partial charge in [0.2, 0.25) is 0 Å². The van der Waals surface area contributed by atoms with Gasteiger partial charge in [0.05, 0.1) is 31.5 Å². The number of rotatable bonds is 9. The van der Waals surface area contributed by atoms with Gasteiger partial charge in [0, 0.05) is 17.2 Å². The van der Waals surface area contributed by atoms with Gasteiger partial charge in [-0.1, -0.05) is 24.3 Å². The molecule has 3 rings (SSSR count). The van der Waals surface area contributed by atoms with Crippen LogP contribution in [0.2, 0.25) is 0 Å². The first-order valence-corrected chi connectivity index (χ1v) is 11.9. The minimum Gasteiger partial charge on any atom is -0.489 e. The first kappa shape index (κ1) is 29.3. The topological polar surface area (TPSA) is 97.3 Å². The third-order valence-corrected chi connectivity index (χ3v) is 5.31. The Morgan fingerprint density at radius 2 is 1.64 bits per heavy atom. The zero-order valence-corrected chi connectivity index (χ0v) is 21.9. The van der Waals surface area contributed by atoms with E-state index >= 15 is 0 Å². The molecule has 2 N–H and O–H groups in total. The zero-order chi connectivity index (χ0) is 28.7. The third kappa shape index (κ3) is 7.64. The number of aliphatic hydroxyl groups excluding tert-OH is 1. The molecule has 0 bridgehead atoms. The molecule has 0 aliphatic heterocycles. The van der Waals surface area contributed by atoms with Crippen molar-refractivity contribution in [2.75, 3.05) is 25.7 Å². The maximum atomic E-state index is 14.1. The molecule has 0 heterocycles. The number of carbonyl (C=O) groups excluding carboxylic acids is 2. The second-order valence-corrected chi connectivity index (χ2v) is 9.36. The molecule has 8 nitrogen and oxygen atoms in total. The quantitative estimate of drug-likeness (QED) is 0.202. The van der Waals surface area contributed by atoms with E-state index < -0.39 is 35.1 Å². The molecule has 3 aromatic rings. The number of hydrazine groups is 1. The van der Waals surface area contributed by atoms with Crippen LogP contribution in [0.1, 0.15) is 36.7 Å². The van der Waals surface area contributed by atoms with Crippen LogP contribution in [0.15, 0.2) is 54.6 Å². The Balaban J connectivity index is 1.86. The lowest BCUT2D eigenvalue weighted by Gasteiger charge is -2.29. The van der Waals surface area contributed by atoms with Gasteiger partial charge in [0.15, 0.2) is 11.6 Å². The number of anilines is 1. The van der Waals surface area contributed by atoms with Crippen LogP contribution < -0.4 is 10.2 Å². The standard InChI is InChI=1S/C28H29F3N2O6/c1-28(2,3)39-27(36)33(12-13-34)32-25-18(6-5-7-20(25)26(35)37-4)16-38-19-10-8-17(9-11-19)21-14-23(30)24(31)15-22(21)29/h5-11,14-15,32,34H,12-13,16H2,1-4H3. The third-order valence-electron chi connectivity index (χ3n) is 5.31. The Bertz CT molecular complexity index is 1330. The predicted octanol–water partition coefficient (Wildman–Crippen LogP) is 5.69. The van der Waals surface area contributed by atoms with Crippen LogP contribution in [-0.2, 0) is 16.1 Å². The molecule has 0 aliphatic rings. The average Bonchev–Trinajstić information content (AvgIpc) is 2.88. The Kier molecular flexibility index (Phi) is 9.42. The van der Waals surface area contributed by atoms with E-state index in [4.69, 9.17) is 14.2 Å². The molecule has 3 aromatic carbocycles. The van der Waals surface area contributed by atoms with Gasteiger partial charge in [-0.3, -0.25) is 5.43 Å². The van der Waals surface area contributed by atoms with Crippen molar-refractivity contribution in [1.29, 1.82) is 0 Å². The minimum absolute atomic E-state index is 0.0761. The number of hydrogen-bond donors (Lipinski definition) is 2. The van der Waals surface area contributed by atoms with Gasteiger partial charge in [-0.25, -0.2) is 27.8 Å². The van der Waals surface area contributed by atoms with Crippen molar-refractivity contribution in [2.24, 2.45) is 0 Å². The molecular formula is C28H29F3N2O6. The molecular weight excluding hydrogens is 517 g/mol. The fourth-order valence-electron chi connectivity index (χ4n) is 3.51. The number of ether oxygens (including phenoxy) is 3. The van der Waals surface area contributed by atoms with Crippen LogP contribution in [0.4, 0.5) is 23.7 Å². The minimum atomic E-state index is -1.28. The van der Waals surface area contributed by atoms with Crippen molar-refractivity contribution >= 4 is 17.7 Å². The Hall–Kier alpha value is -4.25. The van der Waals surface area contributed by atoms with E-state index in [1.165, 1.54) is 37.4 Å². The summed E-state index contributed by atoms with van der Waals surface area (Å²) in [5, 5.41) is 10.5. The molecule has 0 radical (unpaired) electrons. The van der Waals surface area contributed by atoms with Crippen molar-refractivity contribution in [3.63, 3.8) is 0 Å². The molecule has 39 heavy (non-hydrogen) atoms. The van der Waals surface area contributed by atoms with Crippen LogP contribution in [0.5, 0.6) is 5.75 Å². The van der Waals surface area contributed by atoms with E-state index in [1.807, 2.05) is 0 Å². The van der Waals surface area contributed by atoms with Crippen molar-refractivity contribution < 1.29 is 42.1 Å². The Morgan fingerprint density at radius 1 is 0.974 bits per heavy atom. The highest BCUT2D eigenvalue weighted by Crippen LogP contribution is 2.29. The molecule has 0 fully saturated rings. The second kappa shape index (κ2) is 12.5. The summed E-state index contributed by atoms with van der Waals surface area (Å²) in [5.74, 6) is -3.67. The first-order valence-electron chi connectivity index (χ1n) is 11.9. The largest absolute Gasteiger partial charge is 0.489 e. The highest BCUT2D eigenvalue weighted by molar-refractivity contribution is 5.96. The molecule has 1 amide bonds. The number of aliphatic hydroxyl groups is 1. The lowest BCUT2D eigenvalue weighted by atomic mass is 10.0.